The second kappa shape index (κ2) is 8.32. The summed E-state index contributed by atoms with van der Waals surface area (Å²) in [6.07, 6.45) is 3.25. The van der Waals surface area contributed by atoms with E-state index in [1.807, 2.05) is 12.1 Å². The number of carbonyl (C=O) groups is 1. The molecule has 0 aliphatic rings. The Morgan fingerprint density at radius 2 is 2.04 bits per heavy atom. The molecular weight excluding hydrogens is 325 g/mol. The van der Waals surface area contributed by atoms with Gasteiger partial charge in [0.15, 0.2) is 0 Å². The maximum Gasteiger partial charge on any atom is 0.407 e. The van der Waals surface area contributed by atoms with Crippen molar-refractivity contribution in [1.29, 1.82) is 0 Å². The first-order valence-electron chi connectivity index (χ1n) is 7.85. The number of hydrogen-bond donors (Lipinski definition) is 2. The molecule has 1 amide bonds. The molecule has 0 bridgehead atoms. The van der Waals surface area contributed by atoms with Crippen molar-refractivity contribution >= 4 is 6.09 Å². The lowest BCUT2D eigenvalue weighted by Crippen LogP contribution is -2.34. The Balaban J connectivity index is 1.81. The van der Waals surface area contributed by atoms with Gasteiger partial charge in [-0.15, -0.1) is 0 Å². The van der Waals surface area contributed by atoms with Crippen LogP contribution >= 0.6 is 0 Å². The van der Waals surface area contributed by atoms with E-state index in [1.165, 1.54) is 0 Å². The molecule has 0 radical (unpaired) electrons. The normalized spacial score (nSPS) is 11.9. The molecule has 1 heterocycles. The van der Waals surface area contributed by atoms with Crippen molar-refractivity contribution in [3.05, 3.63) is 48.6 Å². The largest absolute Gasteiger partial charge is 0.489 e. The molecule has 6 nitrogen and oxygen atoms in total. The Kier molecular flexibility index (Phi) is 6.16. The zero-order valence-electron chi connectivity index (χ0n) is 14.5. The first-order chi connectivity index (χ1) is 11.9. The number of amides is 1. The maximum absolute atomic E-state index is 13.0. The Bertz CT molecular complexity index is 704. The van der Waals surface area contributed by atoms with Crippen molar-refractivity contribution < 1.29 is 18.7 Å². The van der Waals surface area contributed by atoms with E-state index in [2.05, 4.69) is 15.3 Å². The summed E-state index contributed by atoms with van der Waals surface area (Å²) in [6.45, 7) is 5.30. The lowest BCUT2D eigenvalue weighted by molar-refractivity contribution is 0.0531. The number of aromatic nitrogens is 2. The van der Waals surface area contributed by atoms with Crippen molar-refractivity contribution in [3.63, 3.8) is 0 Å². The van der Waals surface area contributed by atoms with Crippen LogP contribution in [-0.4, -0.2) is 34.8 Å². The van der Waals surface area contributed by atoms with Gasteiger partial charge in [-0.2, -0.15) is 0 Å². The first kappa shape index (κ1) is 18.5. The maximum atomic E-state index is 13.0. The molecule has 1 aromatic carbocycles. The number of aromatic amines is 1. The molecule has 2 rings (SSSR count). The molecule has 25 heavy (non-hydrogen) atoms. The summed E-state index contributed by atoms with van der Waals surface area (Å²) in [5.41, 5.74) is 0.613. The summed E-state index contributed by atoms with van der Waals surface area (Å²) in [4.78, 5) is 18.7. The third-order valence-electron chi connectivity index (χ3n) is 3.06. The predicted octanol–water partition coefficient (Wildman–Crippen LogP) is 3.83. The van der Waals surface area contributed by atoms with Gasteiger partial charge in [-0.25, -0.2) is 14.2 Å². The summed E-state index contributed by atoms with van der Waals surface area (Å²) in [6, 6.07) is 7.25. The molecule has 0 unspecified atom stereocenters. The highest BCUT2D eigenvalue weighted by Crippen LogP contribution is 2.19. The molecule has 0 aliphatic heterocycles. The molecule has 7 heteroatoms. The number of alkyl carbamates (subject to hydrolysis) is 1. The monoisotopic (exact) mass is 347 g/mol. The van der Waals surface area contributed by atoms with E-state index in [1.54, 1.807) is 45.3 Å². The van der Waals surface area contributed by atoms with Crippen molar-refractivity contribution in [1.82, 2.24) is 15.3 Å². The number of carbonyl (C=O) groups excluding carboxylic acids is 1. The average Bonchev–Trinajstić information content (AvgIpc) is 3.08. The van der Waals surface area contributed by atoms with Gasteiger partial charge in [-0.05, 0) is 45.0 Å². The second-order valence-electron chi connectivity index (χ2n) is 6.37. The molecule has 0 fully saturated rings. The lowest BCUT2D eigenvalue weighted by atomic mass is 10.2. The molecule has 2 N–H and O–H groups in total. The molecule has 0 aliphatic carbocycles. The van der Waals surface area contributed by atoms with Crippen LogP contribution in [0.15, 0.2) is 48.6 Å². The van der Waals surface area contributed by atoms with Crippen LogP contribution in [0.2, 0.25) is 0 Å². The zero-order valence-corrected chi connectivity index (χ0v) is 14.5. The van der Waals surface area contributed by atoms with Crippen molar-refractivity contribution in [2.45, 2.75) is 26.4 Å². The minimum Gasteiger partial charge on any atom is -0.489 e. The SMILES string of the molecule is CC(C)(C)OC(=O)NC/C(=C\F)COc1ccc(-c2ncc[nH]2)cc1. The molecule has 134 valence electrons. The highest BCUT2D eigenvalue weighted by atomic mass is 19.1. The van der Waals surface area contributed by atoms with Crippen LogP contribution in [0, 0.1) is 0 Å². The fourth-order valence-corrected chi connectivity index (χ4v) is 1.93. The highest BCUT2D eigenvalue weighted by Gasteiger charge is 2.16. The standard InChI is InChI=1S/C18H22FN3O3/c1-18(2,3)25-17(23)22-11-13(10-19)12-24-15-6-4-14(5-7-15)16-20-8-9-21-16/h4-10H,11-12H2,1-3H3,(H,20,21)(H,22,23)/b13-10+. The van der Waals surface area contributed by atoms with E-state index in [0.717, 1.165) is 11.4 Å². The Morgan fingerprint density at radius 3 is 2.60 bits per heavy atom. The first-order valence-corrected chi connectivity index (χ1v) is 7.85. The number of benzene rings is 1. The molecule has 2 aromatic rings. The summed E-state index contributed by atoms with van der Waals surface area (Å²) in [5, 5.41) is 2.49. The van der Waals surface area contributed by atoms with Gasteiger partial charge in [0, 0.05) is 30.1 Å². The minimum absolute atomic E-state index is 0.00981. The lowest BCUT2D eigenvalue weighted by Gasteiger charge is -2.20. The number of rotatable bonds is 6. The number of H-pyrrole nitrogens is 1. The van der Waals surface area contributed by atoms with Crippen molar-refractivity contribution in [3.8, 4) is 17.1 Å². The van der Waals surface area contributed by atoms with Gasteiger partial charge in [-0.3, -0.25) is 0 Å². The predicted molar refractivity (Wildman–Crippen MR) is 92.9 cm³/mol. The van der Waals surface area contributed by atoms with Crippen LogP contribution in [0.3, 0.4) is 0 Å². The van der Waals surface area contributed by atoms with Gasteiger partial charge in [-0.1, -0.05) is 0 Å². The van der Waals surface area contributed by atoms with E-state index >= 15 is 0 Å². The zero-order chi connectivity index (χ0) is 18.3. The van der Waals surface area contributed by atoms with Gasteiger partial charge in [0.1, 0.15) is 23.8 Å². The van der Waals surface area contributed by atoms with E-state index in [-0.39, 0.29) is 13.2 Å². The molecule has 0 spiro atoms. The van der Waals surface area contributed by atoms with Crippen LogP contribution in [-0.2, 0) is 4.74 Å². The fraction of sp³-hybridized carbons (Fsp3) is 0.333. The molecular formula is C18H22FN3O3. The van der Waals surface area contributed by atoms with Crippen LogP contribution < -0.4 is 10.1 Å². The smallest absolute Gasteiger partial charge is 0.407 e. The quantitative estimate of drug-likeness (QED) is 0.832. The van der Waals surface area contributed by atoms with Gasteiger partial charge >= 0.3 is 6.09 Å². The van der Waals surface area contributed by atoms with Crippen LogP contribution in [0.4, 0.5) is 9.18 Å². The topological polar surface area (TPSA) is 76.2 Å². The number of halogens is 1. The number of ether oxygens (including phenoxy) is 2. The number of hydrogen-bond acceptors (Lipinski definition) is 4. The number of nitrogens with zero attached hydrogens (tertiary/aromatic N) is 1. The number of nitrogens with one attached hydrogen (secondary N) is 2. The summed E-state index contributed by atoms with van der Waals surface area (Å²) < 4.78 is 23.6. The van der Waals surface area contributed by atoms with Gasteiger partial charge in [0.2, 0.25) is 0 Å². The van der Waals surface area contributed by atoms with Crippen molar-refractivity contribution in [2.24, 2.45) is 0 Å². The van der Waals surface area contributed by atoms with Crippen LogP contribution in [0.5, 0.6) is 5.75 Å². The number of imidazole rings is 1. The molecule has 0 saturated heterocycles. The average molecular weight is 347 g/mol. The summed E-state index contributed by atoms with van der Waals surface area (Å²) >= 11 is 0. The minimum atomic E-state index is -0.602. The van der Waals surface area contributed by atoms with E-state index in [4.69, 9.17) is 9.47 Å². The second-order valence-corrected chi connectivity index (χ2v) is 6.37. The Labute approximate surface area is 146 Å². The van der Waals surface area contributed by atoms with Gasteiger partial charge < -0.3 is 19.8 Å². The fourth-order valence-electron chi connectivity index (χ4n) is 1.93. The van der Waals surface area contributed by atoms with Gasteiger partial charge in [0.05, 0.1) is 6.33 Å². The third-order valence-corrected chi connectivity index (χ3v) is 3.06. The van der Waals surface area contributed by atoms with Crippen LogP contribution in [0.1, 0.15) is 20.8 Å². The van der Waals surface area contributed by atoms with Crippen molar-refractivity contribution in [2.75, 3.05) is 13.2 Å². The molecule has 0 atom stereocenters. The third kappa shape index (κ3) is 6.29. The summed E-state index contributed by atoms with van der Waals surface area (Å²) in [5.74, 6) is 1.35. The molecule has 1 aromatic heterocycles. The Hall–Kier alpha value is -2.83. The Morgan fingerprint density at radius 1 is 1.32 bits per heavy atom. The van der Waals surface area contributed by atoms with Crippen LogP contribution in [0.25, 0.3) is 11.4 Å². The highest BCUT2D eigenvalue weighted by molar-refractivity contribution is 5.68. The summed E-state index contributed by atoms with van der Waals surface area (Å²) in [7, 11) is 0. The van der Waals surface area contributed by atoms with E-state index in [0.29, 0.717) is 17.7 Å². The molecule has 0 saturated carbocycles. The van der Waals surface area contributed by atoms with E-state index in [9.17, 15) is 9.18 Å². The van der Waals surface area contributed by atoms with E-state index < -0.39 is 11.7 Å². The van der Waals surface area contributed by atoms with Gasteiger partial charge in [0.25, 0.3) is 0 Å².